The summed E-state index contributed by atoms with van der Waals surface area (Å²) in [5.41, 5.74) is 1.77. The van der Waals surface area contributed by atoms with Crippen LogP contribution in [-0.2, 0) is 0 Å². The lowest BCUT2D eigenvalue weighted by molar-refractivity contribution is -0.384. The van der Waals surface area contributed by atoms with Crippen molar-refractivity contribution in [3.63, 3.8) is 0 Å². The van der Waals surface area contributed by atoms with Crippen molar-refractivity contribution < 1.29 is 4.92 Å². The van der Waals surface area contributed by atoms with Gasteiger partial charge in [-0.2, -0.15) is 0 Å². The molecule has 1 saturated heterocycles. The van der Waals surface area contributed by atoms with Crippen molar-refractivity contribution in [3.05, 3.63) is 33.9 Å². The summed E-state index contributed by atoms with van der Waals surface area (Å²) in [6.07, 6.45) is 0. The van der Waals surface area contributed by atoms with Crippen LogP contribution in [0.15, 0.2) is 23.2 Å². The number of aryl methyl sites for hydroxylation is 1. The zero-order valence-electron chi connectivity index (χ0n) is 14.4. The molecule has 0 saturated carbocycles. The first-order valence-corrected chi connectivity index (χ1v) is 9.01. The lowest BCUT2D eigenvalue weighted by atomic mass is 10.0. The van der Waals surface area contributed by atoms with Crippen molar-refractivity contribution in [3.8, 4) is 0 Å². The van der Waals surface area contributed by atoms with E-state index in [0.717, 1.165) is 28.7 Å². The van der Waals surface area contributed by atoms with Gasteiger partial charge in [0.25, 0.3) is 5.69 Å². The molecule has 1 aromatic carbocycles. The predicted octanol–water partition coefficient (Wildman–Crippen LogP) is 4.62. The van der Waals surface area contributed by atoms with Crippen molar-refractivity contribution in [2.45, 2.75) is 40.7 Å². The molecule has 0 aromatic heterocycles. The second-order valence-corrected chi connectivity index (χ2v) is 7.78. The van der Waals surface area contributed by atoms with Crippen molar-refractivity contribution in [2.24, 2.45) is 16.8 Å². The van der Waals surface area contributed by atoms with Crippen LogP contribution in [0.5, 0.6) is 0 Å². The topological polar surface area (TPSA) is 58.7 Å². The number of amidine groups is 1. The number of rotatable bonds is 5. The van der Waals surface area contributed by atoms with Gasteiger partial charge in [-0.25, -0.2) is 4.99 Å². The van der Waals surface area contributed by atoms with Crippen molar-refractivity contribution >= 4 is 28.3 Å². The third kappa shape index (κ3) is 4.25. The van der Waals surface area contributed by atoms with Crippen LogP contribution in [-0.4, -0.2) is 33.3 Å². The summed E-state index contributed by atoms with van der Waals surface area (Å²) in [6, 6.07) is 5.36. The van der Waals surface area contributed by atoms with Crippen LogP contribution in [0.3, 0.4) is 0 Å². The summed E-state index contributed by atoms with van der Waals surface area (Å²) in [5, 5.41) is 11.9. The Hall–Kier alpha value is -1.56. The first-order valence-electron chi connectivity index (χ1n) is 8.02. The highest BCUT2D eigenvalue weighted by atomic mass is 32.2. The minimum absolute atomic E-state index is 0.115. The molecule has 0 aliphatic carbocycles. The van der Waals surface area contributed by atoms with Crippen molar-refractivity contribution in [1.29, 1.82) is 0 Å². The monoisotopic (exact) mass is 335 g/mol. The molecule has 2 rings (SSSR count). The molecule has 5 nitrogen and oxygen atoms in total. The fraction of sp³-hybridized carbons (Fsp3) is 0.588. The SMILES string of the molecule is Cc1cc([N+](=O)[O-])ccc1/N=C1\SC[C@@H](C(C)C)N1CC(C)C. The standard InChI is InChI=1S/C17H25N3O2S/c1-11(2)9-19-16(12(3)4)10-23-17(19)18-15-7-6-14(20(21)22)8-13(15)5/h6-8,11-12,16H,9-10H2,1-5H3/b18-17-/t16-/m0/s1. The molecular weight excluding hydrogens is 310 g/mol. The highest BCUT2D eigenvalue weighted by Gasteiger charge is 2.32. The van der Waals surface area contributed by atoms with Gasteiger partial charge in [0, 0.05) is 30.5 Å². The maximum absolute atomic E-state index is 10.9. The highest BCUT2D eigenvalue weighted by molar-refractivity contribution is 8.14. The average molecular weight is 335 g/mol. The normalized spacial score (nSPS) is 20.0. The van der Waals surface area contributed by atoms with Gasteiger partial charge in [-0.3, -0.25) is 10.1 Å². The van der Waals surface area contributed by atoms with Gasteiger partial charge in [0.2, 0.25) is 0 Å². The molecule has 1 atom stereocenters. The Balaban J connectivity index is 2.31. The van der Waals surface area contributed by atoms with E-state index in [9.17, 15) is 10.1 Å². The van der Waals surface area contributed by atoms with E-state index in [1.807, 2.05) is 6.92 Å². The minimum Gasteiger partial charge on any atom is -0.347 e. The molecule has 1 aromatic rings. The van der Waals surface area contributed by atoms with Gasteiger partial charge in [-0.1, -0.05) is 39.5 Å². The number of benzene rings is 1. The first kappa shape index (κ1) is 17.8. The van der Waals surface area contributed by atoms with Crippen LogP contribution >= 0.6 is 11.8 Å². The van der Waals surface area contributed by atoms with Crippen LogP contribution in [0.1, 0.15) is 33.3 Å². The maximum atomic E-state index is 10.9. The molecule has 1 fully saturated rings. The molecule has 1 aliphatic heterocycles. The molecule has 1 aliphatic rings. The Labute approximate surface area is 142 Å². The zero-order valence-corrected chi connectivity index (χ0v) is 15.3. The van der Waals surface area contributed by atoms with Crippen molar-refractivity contribution in [1.82, 2.24) is 4.90 Å². The number of hydrogen-bond acceptors (Lipinski definition) is 4. The van der Waals surface area contributed by atoms with Crippen LogP contribution in [0.4, 0.5) is 11.4 Å². The number of nitro groups is 1. The van der Waals surface area contributed by atoms with Crippen LogP contribution in [0, 0.1) is 28.9 Å². The van der Waals surface area contributed by atoms with E-state index in [-0.39, 0.29) is 10.6 Å². The van der Waals surface area contributed by atoms with Gasteiger partial charge in [0.1, 0.15) is 0 Å². The number of nitro benzene ring substituents is 1. The van der Waals surface area contributed by atoms with Gasteiger partial charge >= 0.3 is 0 Å². The van der Waals surface area contributed by atoms with Gasteiger partial charge in [-0.15, -0.1) is 0 Å². The molecule has 0 amide bonds. The lowest BCUT2D eigenvalue weighted by Crippen LogP contribution is -2.39. The highest BCUT2D eigenvalue weighted by Crippen LogP contribution is 2.33. The first-order chi connectivity index (χ1) is 10.8. The number of non-ortho nitro benzene ring substituents is 1. The van der Waals surface area contributed by atoms with Crippen molar-refractivity contribution in [2.75, 3.05) is 12.3 Å². The van der Waals surface area contributed by atoms with Gasteiger partial charge in [0.05, 0.1) is 10.6 Å². The van der Waals surface area contributed by atoms with Crippen LogP contribution < -0.4 is 0 Å². The van der Waals surface area contributed by atoms with E-state index in [1.165, 1.54) is 6.07 Å². The van der Waals surface area contributed by atoms with Crippen LogP contribution in [0.2, 0.25) is 0 Å². The molecule has 0 unspecified atom stereocenters. The lowest BCUT2D eigenvalue weighted by Gasteiger charge is -2.30. The second kappa shape index (κ2) is 7.34. The van der Waals surface area contributed by atoms with E-state index in [0.29, 0.717) is 17.9 Å². The molecule has 1 heterocycles. The summed E-state index contributed by atoms with van der Waals surface area (Å²) in [7, 11) is 0. The third-order valence-electron chi connectivity index (χ3n) is 3.97. The van der Waals surface area contributed by atoms with E-state index in [4.69, 9.17) is 4.99 Å². The Bertz CT molecular complexity index is 614. The maximum Gasteiger partial charge on any atom is 0.269 e. The quantitative estimate of drug-likeness (QED) is 0.582. The van der Waals surface area contributed by atoms with E-state index in [2.05, 4.69) is 32.6 Å². The molecule has 0 radical (unpaired) electrons. The van der Waals surface area contributed by atoms with E-state index < -0.39 is 0 Å². The molecule has 0 spiro atoms. The molecule has 0 bridgehead atoms. The zero-order chi connectivity index (χ0) is 17.1. The molecule has 126 valence electrons. The molecular formula is C17H25N3O2S. The Morgan fingerprint density at radius 3 is 2.61 bits per heavy atom. The molecule has 0 N–H and O–H groups in total. The summed E-state index contributed by atoms with van der Waals surface area (Å²) >= 11 is 1.78. The number of aliphatic imine (C=N–C) groups is 1. The average Bonchev–Trinajstić information content (AvgIpc) is 2.83. The predicted molar refractivity (Wildman–Crippen MR) is 97.6 cm³/mol. The van der Waals surface area contributed by atoms with E-state index >= 15 is 0 Å². The smallest absolute Gasteiger partial charge is 0.269 e. The fourth-order valence-corrected chi connectivity index (χ4v) is 4.14. The molecule has 23 heavy (non-hydrogen) atoms. The summed E-state index contributed by atoms with van der Waals surface area (Å²) in [6.45, 7) is 11.8. The minimum atomic E-state index is -0.367. The number of hydrogen-bond donors (Lipinski definition) is 0. The Morgan fingerprint density at radius 2 is 2.09 bits per heavy atom. The van der Waals surface area contributed by atoms with Gasteiger partial charge in [-0.05, 0) is 30.4 Å². The third-order valence-corrected chi connectivity index (χ3v) is 5.06. The van der Waals surface area contributed by atoms with Gasteiger partial charge < -0.3 is 4.90 Å². The van der Waals surface area contributed by atoms with Crippen LogP contribution in [0.25, 0.3) is 0 Å². The summed E-state index contributed by atoms with van der Waals surface area (Å²) < 4.78 is 0. The van der Waals surface area contributed by atoms with E-state index in [1.54, 1.807) is 23.9 Å². The Kier molecular flexibility index (Phi) is 5.68. The number of nitrogens with zero attached hydrogens (tertiary/aromatic N) is 3. The fourth-order valence-electron chi connectivity index (χ4n) is 2.71. The summed E-state index contributed by atoms with van der Waals surface area (Å²) in [4.78, 5) is 17.7. The summed E-state index contributed by atoms with van der Waals surface area (Å²) in [5.74, 6) is 2.19. The second-order valence-electron chi connectivity index (χ2n) is 6.79. The van der Waals surface area contributed by atoms with Gasteiger partial charge in [0.15, 0.2) is 5.17 Å². The number of thioether (sulfide) groups is 1. The Morgan fingerprint density at radius 1 is 1.39 bits per heavy atom. The molecule has 6 heteroatoms. The largest absolute Gasteiger partial charge is 0.347 e.